The number of hydrogen-bond donors (Lipinski definition) is 14. The van der Waals surface area contributed by atoms with Crippen molar-refractivity contribution in [1.82, 2.24) is 42.2 Å². The van der Waals surface area contributed by atoms with Gasteiger partial charge in [0.2, 0.25) is 41.4 Å². The molecule has 24 nitrogen and oxygen atoms in total. The van der Waals surface area contributed by atoms with Gasteiger partial charge in [0.25, 0.3) is 0 Å². The van der Waals surface area contributed by atoms with Crippen molar-refractivity contribution in [3.63, 3.8) is 0 Å². The molecule has 0 unspecified atom stereocenters. The summed E-state index contributed by atoms with van der Waals surface area (Å²) in [6.45, 7) is 5.70. The number of carboxylic acids is 3. The van der Waals surface area contributed by atoms with E-state index in [0.29, 0.717) is 16.5 Å². The molecule has 0 spiro atoms. The zero-order valence-corrected chi connectivity index (χ0v) is 34.6. The van der Waals surface area contributed by atoms with Gasteiger partial charge in [0, 0.05) is 23.5 Å². The molecule has 62 heavy (non-hydrogen) atoms. The van der Waals surface area contributed by atoms with Crippen LogP contribution < -0.4 is 43.0 Å². The number of nitrogens with one attached hydrogen (secondary N) is 8. The molecule has 0 aliphatic rings. The molecule has 0 fully saturated rings. The van der Waals surface area contributed by atoms with E-state index in [9.17, 15) is 73.5 Å². The number of hydrogen-bond acceptors (Lipinski definition) is 13. The van der Waals surface area contributed by atoms with E-state index < -0.39 is 140 Å². The van der Waals surface area contributed by atoms with Gasteiger partial charge in [0.1, 0.15) is 36.3 Å². The number of amides is 7. The number of aliphatic carboxylic acids is 3. The summed E-state index contributed by atoms with van der Waals surface area (Å²) >= 11 is 0. The highest BCUT2D eigenvalue weighted by atomic mass is 16.4. The number of rotatable bonds is 25. The molecular formula is C38H55N9O15. The lowest BCUT2D eigenvalue weighted by molar-refractivity contribution is -0.144. The summed E-state index contributed by atoms with van der Waals surface area (Å²) in [7, 11) is 0. The second kappa shape index (κ2) is 24.0. The predicted octanol–water partition coefficient (Wildman–Crippen LogP) is -4.22. The maximum Gasteiger partial charge on any atom is 0.326 e. The molecule has 1 heterocycles. The SMILES string of the molecule is CC(C)[C@H](N)C(=O)NCC(=O)N[C@@H](CO)C(=O)N[C@@H](CC(=O)O)C(=O)N[C@@H](CC(=O)O)C(=O)N[C@H](C(=O)N[C@@H](Cc1c[nH]c2ccccc12)C(=O)N[C@H](C(=O)O)C(C)C)[C@@H](C)O. The average Bonchev–Trinajstić information content (AvgIpc) is 3.60. The number of carbonyl (C=O) groups excluding carboxylic acids is 7. The number of fused-ring (bicyclic) bond motifs is 1. The Balaban J connectivity index is 2.31. The van der Waals surface area contributed by atoms with Gasteiger partial charge in [-0.3, -0.25) is 43.2 Å². The number of benzene rings is 1. The van der Waals surface area contributed by atoms with Gasteiger partial charge in [-0.2, -0.15) is 0 Å². The summed E-state index contributed by atoms with van der Waals surface area (Å²) in [5, 5.41) is 64.9. The summed E-state index contributed by atoms with van der Waals surface area (Å²) in [5.74, 6) is -13.5. The average molecular weight is 878 g/mol. The third-order valence-corrected chi connectivity index (χ3v) is 9.33. The van der Waals surface area contributed by atoms with Crippen LogP contribution in [-0.4, -0.2) is 151 Å². The predicted molar refractivity (Wildman–Crippen MR) is 215 cm³/mol. The van der Waals surface area contributed by atoms with E-state index in [1.807, 2.05) is 10.6 Å². The Morgan fingerprint density at radius 3 is 1.63 bits per heavy atom. The lowest BCUT2D eigenvalue weighted by Crippen LogP contribution is -2.62. The Kier molecular flexibility index (Phi) is 19.9. The highest BCUT2D eigenvalue weighted by molar-refractivity contribution is 5.99. The smallest absolute Gasteiger partial charge is 0.326 e. The zero-order valence-electron chi connectivity index (χ0n) is 34.6. The van der Waals surface area contributed by atoms with E-state index in [-0.39, 0.29) is 12.3 Å². The second-order valence-corrected chi connectivity index (χ2v) is 15.0. The highest BCUT2D eigenvalue weighted by Gasteiger charge is 2.36. The van der Waals surface area contributed by atoms with Gasteiger partial charge in [-0.15, -0.1) is 0 Å². The van der Waals surface area contributed by atoms with Crippen LogP contribution in [0.1, 0.15) is 53.0 Å². The first-order valence-corrected chi connectivity index (χ1v) is 19.3. The van der Waals surface area contributed by atoms with Gasteiger partial charge in [0.15, 0.2) is 0 Å². The van der Waals surface area contributed by atoms with Gasteiger partial charge >= 0.3 is 17.9 Å². The van der Waals surface area contributed by atoms with Crippen LogP contribution in [0.15, 0.2) is 30.5 Å². The third-order valence-electron chi connectivity index (χ3n) is 9.33. The van der Waals surface area contributed by atoms with Crippen molar-refractivity contribution in [1.29, 1.82) is 0 Å². The number of carboxylic acid groups (broad SMARTS) is 3. The molecule has 0 saturated carbocycles. The monoisotopic (exact) mass is 877 g/mol. The summed E-state index contributed by atoms with van der Waals surface area (Å²) in [5.41, 5.74) is 6.91. The molecule has 1 aromatic heterocycles. The van der Waals surface area contributed by atoms with Crippen LogP contribution in [0.5, 0.6) is 0 Å². The molecule has 0 radical (unpaired) electrons. The van der Waals surface area contributed by atoms with Gasteiger partial charge in [-0.1, -0.05) is 45.9 Å². The Labute approximate surface area is 354 Å². The number of H-pyrrole nitrogens is 1. The Morgan fingerprint density at radius 1 is 0.629 bits per heavy atom. The van der Waals surface area contributed by atoms with E-state index in [0.717, 1.165) is 6.92 Å². The summed E-state index contributed by atoms with van der Waals surface area (Å²) in [6.07, 6.45) is -2.74. The number of aromatic nitrogens is 1. The molecule has 8 atom stereocenters. The molecule has 2 aromatic rings. The van der Waals surface area contributed by atoms with Crippen molar-refractivity contribution in [3.05, 3.63) is 36.0 Å². The van der Waals surface area contributed by atoms with Crippen LogP contribution in [0.25, 0.3) is 10.9 Å². The molecule has 2 rings (SSSR count). The van der Waals surface area contributed by atoms with Crippen LogP contribution in [0.3, 0.4) is 0 Å². The quantitative estimate of drug-likeness (QED) is 0.0449. The van der Waals surface area contributed by atoms with E-state index in [1.54, 1.807) is 44.3 Å². The largest absolute Gasteiger partial charge is 0.481 e. The maximum absolute atomic E-state index is 13.7. The molecule has 7 amide bonds. The summed E-state index contributed by atoms with van der Waals surface area (Å²) in [4.78, 5) is 130. The van der Waals surface area contributed by atoms with E-state index >= 15 is 0 Å². The number of nitrogens with two attached hydrogens (primary N) is 1. The fraction of sp³-hybridized carbons (Fsp3) is 0.526. The van der Waals surface area contributed by atoms with Crippen LogP contribution in [0, 0.1) is 11.8 Å². The molecule has 0 aliphatic carbocycles. The normalized spacial score (nSPS) is 15.1. The van der Waals surface area contributed by atoms with E-state index in [1.165, 1.54) is 13.8 Å². The molecule has 24 heteroatoms. The lowest BCUT2D eigenvalue weighted by Gasteiger charge is -2.28. The minimum atomic E-state index is -2.09. The first kappa shape index (κ1) is 51.5. The van der Waals surface area contributed by atoms with Crippen molar-refractivity contribution in [2.45, 2.75) is 102 Å². The zero-order chi connectivity index (χ0) is 47.0. The molecule has 0 aliphatic heterocycles. The van der Waals surface area contributed by atoms with Crippen molar-refractivity contribution in [2.75, 3.05) is 13.2 Å². The fourth-order valence-electron chi connectivity index (χ4n) is 5.76. The number of carbonyl (C=O) groups is 10. The lowest BCUT2D eigenvalue weighted by atomic mass is 10.0. The summed E-state index contributed by atoms with van der Waals surface area (Å²) in [6, 6.07) is -4.80. The van der Waals surface area contributed by atoms with E-state index in [4.69, 9.17) is 5.73 Å². The van der Waals surface area contributed by atoms with Gasteiger partial charge in [-0.05, 0) is 30.4 Å². The van der Waals surface area contributed by atoms with Crippen LogP contribution in [0.2, 0.25) is 0 Å². The molecular weight excluding hydrogens is 822 g/mol. The topological polar surface area (TPSA) is 398 Å². The van der Waals surface area contributed by atoms with Crippen LogP contribution >= 0.6 is 0 Å². The number of aliphatic hydroxyl groups is 2. The van der Waals surface area contributed by atoms with Crippen molar-refractivity contribution >= 4 is 70.2 Å². The molecule has 342 valence electrons. The molecule has 0 bridgehead atoms. The van der Waals surface area contributed by atoms with Crippen LogP contribution in [0.4, 0.5) is 0 Å². The minimum Gasteiger partial charge on any atom is -0.481 e. The standard InChI is InChI=1S/C38H55N9O15/c1-16(2)29(39)36(59)41-14-26(50)42-25(15-48)35(58)44-23(11-27(51)52)32(55)43-24(12-28(53)54)34(57)47-31(18(5)49)37(60)45-22(33(56)46-30(17(3)4)38(61)62)10-19-13-40-21-9-7-6-8-20(19)21/h6-9,13,16-18,22-25,29-31,40,48-49H,10-12,14-15,39H2,1-5H3,(H,41,59)(H,42,50)(H,43,55)(H,44,58)(H,45,60)(H,46,56)(H,47,57)(H,51,52)(H,53,54)(H,61,62)/t18-,22+,23+,24+,25+,29+,30+,31+/m1/s1. The van der Waals surface area contributed by atoms with Crippen LogP contribution in [-0.2, 0) is 54.4 Å². The Morgan fingerprint density at radius 2 is 1.13 bits per heavy atom. The van der Waals surface area contributed by atoms with Crippen molar-refractivity contribution in [3.8, 4) is 0 Å². The summed E-state index contributed by atoms with van der Waals surface area (Å²) < 4.78 is 0. The number of para-hydroxylation sites is 1. The third kappa shape index (κ3) is 15.7. The van der Waals surface area contributed by atoms with Gasteiger partial charge in [-0.25, -0.2) is 4.79 Å². The molecule has 1 aromatic carbocycles. The van der Waals surface area contributed by atoms with E-state index in [2.05, 4.69) is 31.6 Å². The van der Waals surface area contributed by atoms with Gasteiger partial charge in [0.05, 0.1) is 38.1 Å². The molecule has 0 saturated heterocycles. The van der Waals surface area contributed by atoms with Gasteiger partial charge < -0.3 is 73.5 Å². The highest BCUT2D eigenvalue weighted by Crippen LogP contribution is 2.20. The second-order valence-electron chi connectivity index (χ2n) is 15.0. The molecule has 15 N–H and O–H groups in total. The fourth-order valence-corrected chi connectivity index (χ4v) is 5.76. The maximum atomic E-state index is 13.7. The number of aromatic amines is 1. The van der Waals surface area contributed by atoms with Crippen molar-refractivity contribution in [2.24, 2.45) is 17.6 Å². The first-order valence-electron chi connectivity index (χ1n) is 19.3. The first-order chi connectivity index (χ1) is 29.0. The Hall–Kier alpha value is -6.66. The number of aliphatic hydroxyl groups excluding tert-OH is 2. The minimum absolute atomic E-state index is 0.217. The van der Waals surface area contributed by atoms with Crippen molar-refractivity contribution < 1.29 is 73.5 Å². The Bertz CT molecular complexity index is 1970.